The quantitative estimate of drug-likeness (QED) is 0.343. The minimum Gasteiger partial charge on any atom is -0.467 e. The number of nitro benzene ring substituents is 1. The smallest absolute Gasteiger partial charge is 0.331 e. The molecule has 0 radical (unpaired) electrons. The summed E-state index contributed by atoms with van der Waals surface area (Å²) < 4.78 is 10.1. The van der Waals surface area contributed by atoms with Gasteiger partial charge in [0.05, 0.1) is 17.7 Å². The van der Waals surface area contributed by atoms with Crippen molar-refractivity contribution in [1.82, 2.24) is 5.32 Å². The molecule has 2 aromatic rings. The molecule has 26 heavy (non-hydrogen) atoms. The van der Waals surface area contributed by atoms with Crippen LogP contribution in [0.3, 0.4) is 0 Å². The summed E-state index contributed by atoms with van der Waals surface area (Å²) in [7, 11) is 0. The van der Waals surface area contributed by atoms with Gasteiger partial charge in [-0.1, -0.05) is 17.7 Å². The second-order valence-electron chi connectivity index (χ2n) is 5.18. The van der Waals surface area contributed by atoms with Gasteiger partial charge >= 0.3 is 5.97 Å². The number of rotatable bonds is 7. The Morgan fingerprint density at radius 3 is 2.85 bits per heavy atom. The maximum atomic E-state index is 11.9. The van der Waals surface area contributed by atoms with Crippen LogP contribution < -0.4 is 5.32 Å². The molecule has 0 saturated carbocycles. The van der Waals surface area contributed by atoms with Crippen molar-refractivity contribution in [3.05, 3.63) is 69.1 Å². The lowest BCUT2D eigenvalue weighted by Crippen LogP contribution is -2.35. The Morgan fingerprint density at radius 1 is 1.42 bits per heavy atom. The molecule has 1 atom stereocenters. The second-order valence-corrected chi connectivity index (χ2v) is 5.58. The number of carbonyl (C=O) groups excluding carboxylic acids is 2. The van der Waals surface area contributed by atoms with E-state index in [1.807, 2.05) is 0 Å². The SMILES string of the molecule is CC(OC(=O)/C=C/c1ccc(Cl)c([N+](=O)[O-])c1)C(=O)NCc1ccco1. The fourth-order valence-corrected chi connectivity index (χ4v) is 2.12. The molecular weight excluding hydrogens is 364 g/mol. The number of hydrogen-bond acceptors (Lipinski definition) is 6. The Labute approximate surface area is 153 Å². The fraction of sp³-hybridized carbons (Fsp3) is 0.176. The van der Waals surface area contributed by atoms with Crippen molar-refractivity contribution in [2.45, 2.75) is 19.6 Å². The van der Waals surface area contributed by atoms with E-state index < -0.39 is 22.9 Å². The number of carbonyl (C=O) groups is 2. The molecule has 1 heterocycles. The van der Waals surface area contributed by atoms with E-state index in [-0.39, 0.29) is 17.3 Å². The molecule has 0 aliphatic rings. The second kappa shape index (κ2) is 8.82. The third-order valence-electron chi connectivity index (χ3n) is 3.26. The van der Waals surface area contributed by atoms with Gasteiger partial charge in [-0.05, 0) is 36.8 Å². The van der Waals surface area contributed by atoms with Crippen LogP contribution >= 0.6 is 11.6 Å². The lowest BCUT2D eigenvalue weighted by atomic mass is 10.2. The maximum absolute atomic E-state index is 11.9. The molecule has 2 rings (SSSR count). The zero-order chi connectivity index (χ0) is 19.1. The number of nitro groups is 1. The number of esters is 1. The number of nitrogens with zero attached hydrogens (tertiary/aromatic N) is 1. The van der Waals surface area contributed by atoms with Gasteiger partial charge in [-0.3, -0.25) is 14.9 Å². The van der Waals surface area contributed by atoms with E-state index in [9.17, 15) is 19.7 Å². The normalized spacial score (nSPS) is 11.9. The van der Waals surface area contributed by atoms with Crippen LogP contribution in [0.2, 0.25) is 5.02 Å². The van der Waals surface area contributed by atoms with Gasteiger partial charge < -0.3 is 14.5 Å². The van der Waals surface area contributed by atoms with Gasteiger partial charge in [0.1, 0.15) is 10.8 Å². The molecule has 8 nitrogen and oxygen atoms in total. The number of amides is 1. The summed E-state index contributed by atoms with van der Waals surface area (Å²) in [6.45, 7) is 1.61. The third kappa shape index (κ3) is 5.45. The van der Waals surface area contributed by atoms with Crippen molar-refractivity contribution in [2.75, 3.05) is 0 Å². The van der Waals surface area contributed by atoms with Crippen LogP contribution in [0.15, 0.2) is 47.1 Å². The molecule has 0 aliphatic carbocycles. The zero-order valence-corrected chi connectivity index (χ0v) is 14.4. The Morgan fingerprint density at radius 2 is 2.19 bits per heavy atom. The lowest BCUT2D eigenvalue weighted by molar-refractivity contribution is -0.384. The molecule has 0 fully saturated rings. The largest absolute Gasteiger partial charge is 0.467 e. The van der Waals surface area contributed by atoms with E-state index in [4.69, 9.17) is 20.8 Å². The van der Waals surface area contributed by atoms with Crippen molar-refractivity contribution in [2.24, 2.45) is 0 Å². The first-order valence-electron chi connectivity index (χ1n) is 7.49. The molecule has 0 saturated heterocycles. The van der Waals surface area contributed by atoms with Crippen LogP contribution in [0.25, 0.3) is 6.08 Å². The molecule has 1 N–H and O–H groups in total. The summed E-state index contributed by atoms with van der Waals surface area (Å²) in [6, 6.07) is 7.49. The molecule has 9 heteroatoms. The molecular formula is C17H15ClN2O6. The minimum atomic E-state index is -1.01. The van der Waals surface area contributed by atoms with Gasteiger partial charge in [0.2, 0.25) is 0 Å². The number of nitrogens with one attached hydrogen (secondary N) is 1. The molecule has 1 aromatic heterocycles. The average Bonchev–Trinajstić information content (AvgIpc) is 3.12. The predicted molar refractivity (Wildman–Crippen MR) is 93.2 cm³/mol. The third-order valence-corrected chi connectivity index (χ3v) is 3.58. The Hall–Kier alpha value is -3.13. The molecule has 1 unspecified atom stereocenters. The topological polar surface area (TPSA) is 112 Å². The highest BCUT2D eigenvalue weighted by atomic mass is 35.5. The van der Waals surface area contributed by atoms with Crippen molar-refractivity contribution in [3.8, 4) is 0 Å². The van der Waals surface area contributed by atoms with Gasteiger partial charge in [-0.15, -0.1) is 0 Å². The van der Waals surface area contributed by atoms with Gasteiger partial charge in [0, 0.05) is 12.1 Å². The van der Waals surface area contributed by atoms with Crippen molar-refractivity contribution in [3.63, 3.8) is 0 Å². The van der Waals surface area contributed by atoms with E-state index in [2.05, 4.69) is 5.32 Å². The predicted octanol–water partition coefficient (Wildman–Crippen LogP) is 3.10. The van der Waals surface area contributed by atoms with E-state index in [0.29, 0.717) is 11.3 Å². The first-order chi connectivity index (χ1) is 12.4. The van der Waals surface area contributed by atoms with Gasteiger partial charge in [0.25, 0.3) is 11.6 Å². The molecule has 136 valence electrons. The van der Waals surface area contributed by atoms with Crippen LogP contribution in [0.5, 0.6) is 0 Å². The standard InChI is InChI=1S/C17H15ClN2O6/c1-11(17(22)19-10-13-3-2-8-25-13)26-16(21)7-5-12-4-6-14(18)15(9-12)20(23)24/h2-9,11H,10H2,1H3,(H,19,22)/b7-5+. The molecule has 0 spiro atoms. The summed E-state index contributed by atoms with van der Waals surface area (Å²) in [4.78, 5) is 33.9. The Balaban J connectivity index is 1.89. The highest BCUT2D eigenvalue weighted by Crippen LogP contribution is 2.25. The number of halogens is 1. The van der Waals surface area contributed by atoms with Crippen LogP contribution in [0.4, 0.5) is 5.69 Å². The van der Waals surface area contributed by atoms with Gasteiger partial charge in [0.15, 0.2) is 6.10 Å². The van der Waals surface area contributed by atoms with E-state index in [1.54, 1.807) is 12.1 Å². The maximum Gasteiger partial charge on any atom is 0.331 e. The average molecular weight is 379 g/mol. The number of furan rings is 1. The van der Waals surface area contributed by atoms with Crippen molar-refractivity contribution < 1.29 is 23.7 Å². The minimum absolute atomic E-state index is 0.00317. The molecule has 1 amide bonds. The highest BCUT2D eigenvalue weighted by molar-refractivity contribution is 6.32. The van der Waals surface area contributed by atoms with E-state index in [0.717, 1.165) is 6.08 Å². The van der Waals surface area contributed by atoms with E-state index in [1.165, 1.54) is 37.5 Å². The summed E-state index contributed by atoms with van der Waals surface area (Å²) in [6.07, 6.45) is 2.88. The fourth-order valence-electron chi connectivity index (χ4n) is 1.94. The number of benzene rings is 1. The number of hydrogen-bond donors (Lipinski definition) is 1. The highest BCUT2D eigenvalue weighted by Gasteiger charge is 2.17. The van der Waals surface area contributed by atoms with Gasteiger partial charge in [-0.2, -0.15) is 0 Å². The summed E-state index contributed by atoms with van der Waals surface area (Å²) in [5.74, 6) is -0.672. The van der Waals surface area contributed by atoms with Crippen molar-refractivity contribution in [1.29, 1.82) is 0 Å². The molecule has 0 bridgehead atoms. The monoisotopic (exact) mass is 378 g/mol. The Kier molecular flexibility index (Phi) is 6.51. The summed E-state index contributed by atoms with van der Waals surface area (Å²) in [5, 5.41) is 13.4. The molecule has 1 aromatic carbocycles. The zero-order valence-electron chi connectivity index (χ0n) is 13.7. The van der Waals surface area contributed by atoms with Crippen molar-refractivity contribution >= 4 is 35.2 Å². The summed E-state index contributed by atoms with van der Waals surface area (Å²) in [5.41, 5.74) is 0.126. The van der Waals surface area contributed by atoms with E-state index >= 15 is 0 Å². The van der Waals surface area contributed by atoms with Crippen LogP contribution in [0, 0.1) is 10.1 Å². The van der Waals surface area contributed by atoms with Crippen LogP contribution in [0.1, 0.15) is 18.2 Å². The van der Waals surface area contributed by atoms with Crippen LogP contribution in [-0.2, 0) is 20.9 Å². The summed E-state index contributed by atoms with van der Waals surface area (Å²) >= 11 is 5.72. The lowest BCUT2D eigenvalue weighted by Gasteiger charge is -2.11. The number of ether oxygens (including phenoxy) is 1. The molecule has 0 aliphatic heterocycles. The first kappa shape index (κ1) is 19.2. The Bertz CT molecular complexity index is 832. The first-order valence-corrected chi connectivity index (χ1v) is 7.87. The van der Waals surface area contributed by atoms with Gasteiger partial charge in [-0.25, -0.2) is 4.79 Å². The van der Waals surface area contributed by atoms with Crippen LogP contribution in [-0.4, -0.2) is 22.9 Å².